The van der Waals surface area contributed by atoms with E-state index in [1.54, 1.807) is 42.7 Å². The Balaban J connectivity index is 2.03. The van der Waals surface area contributed by atoms with Crippen molar-refractivity contribution >= 4 is 35.1 Å². The largest absolute Gasteiger partial charge is 0.368 e. The predicted octanol–water partition coefficient (Wildman–Crippen LogP) is 2.69. The Morgan fingerprint density at radius 1 is 1.29 bits per heavy atom. The molecule has 2 aliphatic rings. The highest BCUT2D eigenvalue weighted by Gasteiger charge is 2.65. The maximum atomic E-state index is 12.8. The third kappa shape index (κ3) is 2.36. The summed E-state index contributed by atoms with van der Waals surface area (Å²) in [4.78, 5) is 31.4. The van der Waals surface area contributed by atoms with Gasteiger partial charge in [0.15, 0.2) is 11.2 Å². The van der Waals surface area contributed by atoms with E-state index < -0.39 is 29.3 Å². The van der Waals surface area contributed by atoms with Crippen LogP contribution in [0.2, 0.25) is 5.02 Å². The molecule has 4 atom stereocenters. The van der Waals surface area contributed by atoms with Crippen LogP contribution in [0.25, 0.3) is 6.08 Å². The van der Waals surface area contributed by atoms with E-state index in [0.717, 1.165) is 11.3 Å². The number of primary amides is 1. The quantitative estimate of drug-likeness (QED) is 0.865. The number of amides is 1. The fraction of sp³-hybridized carbons (Fsp3) is 0.238. The van der Waals surface area contributed by atoms with Crippen molar-refractivity contribution in [3.05, 3.63) is 65.0 Å². The molecule has 0 radical (unpaired) electrons. The fourth-order valence-electron chi connectivity index (χ4n) is 4.56. The number of ketones is 1. The van der Waals surface area contributed by atoms with Gasteiger partial charge < -0.3 is 10.6 Å². The van der Waals surface area contributed by atoms with Crippen molar-refractivity contribution in [3.8, 4) is 6.07 Å². The minimum atomic E-state index is -1.61. The number of benzene rings is 1. The number of nitriles is 1. The Morgan fingerprint density at radius 3 is 2.61 bits per heavy atom. The van der Waals surface area contributed by atoms with Crippen molar-refractivity contribution in [1.82, 2.24) is 4.98 Å². The summed E-state index contributed by atoms with van der Waals surface area (Å²) in [6.45, 7) is 1.47. The standard InChI is InChI=1S/C21H17ClN4O2/c1-12(27)19-18(13-6-8-25-9-7-13)21(11-23,20(24)28)17-5-2-14-10-15(22)3-4-16(14)26(17)19/h2-10,17-19H,1H3,(H2,24,28)/t17-,18+,19-,21+/m1/s1. The fourth-order valence-corrected chi connectivity index (χ4v) is 4.74. The van der Waals surface area contributed by atoms with Crippen molar-refractivity contribution in [2.45, 2.75) is 24.9 Å². The number of anilines is 1. The van der Waals surface area contributed by atoms with E-state index >= 15 is 0 Å². The van der Waals surface area contributed by atoms with E-state index in [-0.39, 0.29) is 5.78 Å². The maximum Gasteiger partial charge on any atom is 0.241 e. The first-order chi connectivity index (χ1) is 13.4. The molecule has 2 aliphatic heterocycles. The Morgan fingerprint density at radius 2 is 2.00 bits per heavy atom. The highest BCUT2D eigenvalue weighted by Crippen LogP contribution is 2.55. The zero-order valence-corrected chi connectivity index (χ0v) is 15.8. The van der Waals surface area contributed by atoms with Gasteiger partial charge in [-0.05, 0) is 48.4 Å². The molecular formula is C21H17ClN4O2. The van der Waals surface area contributed by atoms with Crippen molar-refractivity contribution in [2.24, 2.45) is 11.1 Å². The van der Waals surface area contributed by atoms with Gasteiger partial charge in [0.25, 0.3) is 0 Å². The highest BCUT2D eigenvalue weighted by atomic mass is 35.5. The summed E-state index contributed by atoms with van der Waals surface area (Å²) in [5.41, 5.74) is 6.45. The molecule has 1 aromatic carbocycles. The van der Waals surface area contributed by atoms with E-state index in [2.05, 4.69) is 11.1 Å². The van der Waals surface area contributed by atoms with Gasteiger partial charge in [0.05, 0.1) is 18.2 Å². The minimum Gasteiger partial charge on any atom is -0.368 e. The molecular weight excluding hydrogens is 376 g/mol. The van der Waals surface area contributed by atoms with E-state index in [1.807, 2.05) is 17.0 Å². The zero-order chi connectivity index (χ0) is 20.1. The Kier molecular flexibility index (Phi) is 4.20. The molecule has 0 aliphatic carbocycles. The highest BCUT2D eigenvalue weighted by molar-refractivity contribution is 6.30. The summed E-state index contributed by atoms with van der Waals surface area (Å²) in [6, 6.07) is 9.55. The van der Waals surface area contributed by atoms with Crippen LogP contribution in [0.3, 0.4) is 0 Å². The molecule has 0 bridgehead atoms. The second-order valence-corrected chi connectivity index (χ2v) is 7.51. The molecule has 1 fully saturated rings. The Labute approximate surface area is 167 Å². The van der Waals surface area contributed by atoms with Crippen LogP contribution in [-0.2, 0) is 9.59 Å². The van der Waals surface area contributed by atoms with E-state index in [4.69, 9.17) is 17.3 Å². The van der Waals surface area contributed by atoms with Gasteiger partial charge in [-0.1, -0.05) is 23.8 Å². The van der Waals surface area contributed by atoms with Gasteiger partial charge in [0, 0.05) is 29.0 Å². The van der Waals surface area contributed by atoms with Crippen molar-refractivity contribution < 1.29 is 9.59 Å². The van der Waals surface area contributed by atoms with Gasteiger partial charge in [-0.25, -0.2) is 0 Å². The lowest BCUT2D eigenvalue weighted by Crippen LogP contribution is -2.48. The Hall–Kier alpha value is -3.17. The molecule has 1 saturated heterocycles. The van der Waals surface area contributed by atoms with E-state index in [1.165, 1.54) is 6.92 Å². The second-order valence-electron chi connectivity index (χ2n) is 7.07. The molecule has 1 amide bonds. The van der Waals surface area contributed by atoms with Crippen molar-refractivity contribution in [3.63, 3.8) is 0 Å². The average molecular weight is 393 g/mol. The van der Waals surface area contributed by atoms with Gasteiger partial charge in [-0.15, -0.1) is 0 Å². The van der Waals surface area contributed by atoms with Crippen molar-refractivity contribution in [2.75, 3.05) is 4.90 Å². The molecule has 140 valence electrons. The molecule has 3 heterocycles. The number of carbonyl (C=O) groups is 2. The number of fused-ring (bicyclic) bond motifs is 3. The van der Waals surface area contributed by atoms with Crippen LogP contribution in [0.5, 0.6) is 0 Å². The topological polar surface area (TPSA) is 100 Å². The van der Waals surface area contributed by atoms with E-state index in [9.17, 15) is 14.9 Å². The Bertz CT molecular complexity index is 1050. The maximum absolute atomic E-state index is 12.8. The number of hydrogen-bond acceptors (Lipinski definition) is 5. The number of rotatable bonds is 3. The van der Waals surface area contributed by atoms with Crippen LogP contribution < -0.4 is 10.6 Å². The molecule has 2 N–H and O–H groups in total. The first-order valence-electron chi connectivity index (χ1n) is 8.79. The lowest BCUT2D eigenvalue weighted by Gasteiger charge is -2.36. The monoisotopic (exact) mass is 392 g/mol. The lowest BCUT2D eigenvalue weighted by molar-refractivity contribution is -0.125. The van der Waals surface area contributed by atoms with Crippen LogP contribution >= 0.6 is 11.6 Å². The predicted molar refractivity (Wildman–Crippen MR) is 105 cm³/mol. The average Bonchev–Trinajstić information content (AvgIpc) is 3.00. The van der Waals surface area contributed by atoms with Crippen LogP contribution in [0.1, 0.15) is 24.0 Å². The summed E-state index contributed by atoms with van der Waals surface area (Å²) in [7, 11) is 0. The molecule has 1 aromatic heterocycles. The number of nitrogens with zero attached hydrogens (tertiary/aromatic N) is 3. The van der Waals surface area contributed by atoms with Crippen LogP contribution in [0, 0.1) is 16.7 Å². The summed E-state index contributed by atoms with van der Waals surface area (Å²) in [5.74, 6) is -1.63. The molecule has 6 nitrogen and oxygen atoms in total. The first kappa shape index (κ1) is 18.2. The van der Waals surface area contributed by atoms with Crippen LogP contribution in [0.4, 0.5) is 5.69 Å². The van der Waals surface area contributed by atoms with Gasteiger partial charge in [0.1, 0.15) is 0 Å². The molecule has 7 heteroatoms. The third-order valence-electron chi connectivity index (χ3n) is 5.67. The lowest BCUT2D eigenvalue weighted by atomic mass is 9.68. The van der Waals surface area contributed by atoms with Crippen LogP contribution in [-0.4, -0.2) is 28.8 Å². The molecule has 4 rings (SSSR count). The summed E-state index contributed by atoms with van der Waals surface area (Å²) in [6.07, 6.45) is 6.75. The number of pyridine rings is 1. The SMILES string of the molecule is CC(=O)[C@@H]1[C@H](c2ccncc2)[C@@](C#N)(C(N)=O)[C@H]2C=Cc3cc(Cl)ccc3N12. The van der Waals surface area contributed by atoms with Gasteiger partial charge in [-0.2, -0.15) is 5.26 Å². The zero-order valence-electron chi connectivity index (χ0n) is 15.0. The molecule has 0 saturated carbocycles. The van der Waals surface area contributed by atoms with Gasteiger partial charge in [0.2, 0.25) is 5.91 Å². The number of Topliss-reactive ketones (excluding diaryl/α,β-unsaturated/α-hetero) is 1. The number of aromatic nitrogens is 1. The van der Waals surface area contributed by atoms with Crippen molar-refractivity contribution in [1.29, 1.82) is 5.26 Å². The number of hydrogen-bond donors (Lipinski definition) is 1. The smallest absolute Gasteiger partial charge is 0.241 e. The molecule has 0 spiro atoms. The van der Waals surface area contributed by atoms with Gasteiger partial charge in [-0.3, -0.25) is 14.6 Å². The number of halogens is 1. The summed E-state index contributed by atoms with van der Waals surface area (Å²) >= 11 is 6.12. The first-order valence-corrected chi connectivity index (χ1v) is 9.17. The molecule has 28 heavy (non-hydrogen) atoms. The molecule has 0 unspecified atom stereocenters. The minimum absolute atomic E-state index is 0.151. The second kappa shape index (κ2) is 6.47. The molecule has 2 aromatic rings. The number of nitrogens with two attached hydrogens (primary N) is 1. The third-order valence-corrected chi connectivity index (χ3v) is 5.91. The summed E-state index contributed by atoms with van der Waals surface area (Å²) in [5, 5.41) is 10.8. The van der Waals surface area contributed by atoms with Gasteiger partial charge >= 0.3 is 0 Å². The number of carbonyl (C=O) groups excluding carboxylic acids is 2. The summed E-state index contributed by atoms with van der Waals surface area (Å²) < 4.78 is 0. The van der Waals surface area contributed by atoms with E-state index in [0.29, 0.717) is 10.6 Å². The normalized spacial score (nSPS) is 27.6. The van der Waals surface area contributed by atoms with Crippen LogP contribution in [0.15, 0.2) is 48.8 Å².